The van der Waals surface area contributed by atoms with Gasteiger partial charge in [0.25, 0.3) is 17.8 Å². The van der Waals surface area contributed by atoms with E-state index < -0.39 is 67.2 Å². The number of carboxylic acids is 1. The number of hydrogen-bond donors (Lipinski definition) is 4. The van der Waals surface area contributed by atoms with Gasteiger partial charge >= 0.3 is 11.9 Å². The highest BCUT2D eigenvalue weighted by molar-refractivity contribution is 7.91. The summed E-state index contributed by atoms with van der Waals surface area (Å²) in [6, 6.07) is 15.0. The summed E-state index contributed by atoms with van der Waals surface area (Å²) < 4.78 is 114. The van der Waals surface area contributed by atoms with Crippen LogP contribution in [0.4, 0.5) is 40.3 Å². The van der Waals surface area contributed by atoms with Crippen LogP contribution in [0.1, 0.15) is 109 Å². The molecule has 0 bridgehead atoms. The zero-order valence-corrected chi connectivity index (χ0v) is 48.3. The summed E-state index contributed by atoms with van der Waals surface area (Å²) in [7, 11) is -6.85. The first-order chi connectivity index (χ1) is 37.0. The van der Waals surface area contributed by atoms with Crippen molar-refractivity contribution in [2.24, 2.45) is 0 Å². The Bertz CT molecular complexity index is 3220. The summed E-state index contributed by atoms with van der Waals surface area (Å²) >= 11 is 26.1. The zero-order valence-electron chi connectivity index (χ0n) is 43.6. The largest absolute Gasteiger partial charge is 0.481 e. The molecule has 2 aliphatic rings. The number of ether oxygens (including phenoxy) is 2. The van der Waals surface area contributed by atoms with Gasteiger partial charge in [-0.2, -0.15) is 0 Å². The fourth-order valence-electron chi connectivity index (χ4n) is 8.55. The summed E-state index contributed by atoms with van der Waals surface area (Å²) in [5.74, 6) is -9.36. The van der Waals surface area contributed by atoms with E-state index in [2.05, 4.69) is 15.3 Å². The Hall–Kier alpha value is -5.59. The van der Waals surface area contributed by atoms with Crippen LogP contribution in [0.25, 0.3) is 11.0 Å². The maximum absolute atomic E-state index is 13.7. The molecule has 440 valence electrons. The van der Waals surface area contributed by atoms with Gasteiger partial charge in [-0.3, -0.25) is 19.2 Å². The molecule has 0 saturated carbocycles. The molecule has 2 saturated heterocycles. The van der Waals surface area contributed by atoms with Crippen LogP contribution < -0.4 is 20.9 Å². The molecule has 1 amide bonds. The Kier molecular flexibility index (Phi) is 23.8. The number of aromatic amines is 1. The van der Waals surface area contributed by atoms with Crippen LogP contribution in [0, 0.1) is 0 Å². The number of amides is 1. The molecule has 1 aromatic heterocycles. The lowest BCUT2D eigenvalue weighted by atomic mass is 9.94. The first kappa shape index (κ1) is 66.9. The molecule has 5 N–H and O–H groups in total. The van der Waals surface area contributed by atoms with Crippen LogP contribution in [-0.4, -0.2) is 118 Å². The van der Waals surface area contributed by atoms with Crippen molar-refractivity contribution in [3.63, 3.8) is 0 Å². The fourth-order valence-corrected chi connectivity index (χ4v) is 11.8. The number of imidazole rings is 1. The highest BCUT2D eigenvalue weighted by atomic mass is 35.5. The number of halogens is 8. The van der Waals surface area contributed by atoms with E-state index in [0.717, 1.165) is 6.92 Å². The molecule has 5 aromatic rings. The molecule has 80 heavy (non-hydrogen) atoms. The summed E-state index contributed by atoms with van der Waals surface area (Å²) in [4.78, 5) is 58.6. The molecule has 3 heterocycles. The van der Waals surface area contributed by atoms with E-state index >= 15 is 0 Å². The Morgan fingerprint density at radius 3 is 1.56 bits per heavy atom. The van der Waals surface area contributed by atoms with E-state index in [1.807, 2.05) is 0 Å². The third-order valence-corrected chi connectivity index (χ3v) is 17.6. The third-order valence-electron chi connectivity index (χ3n) is 12.8. The third kappa shape index (κ3) is 17.2. The number of rotatable bonds is 17. The second-order valence-electron chi connectivity index (χ2n) is 18.3. The van der Waals surface area contributed by atoms with E-state index in [4.69, 9.17) is 71.5 Å². The van der Waals surface area contributed by atoms with Gasteiger partial charge in [0.05, 0.1) is 108 Å². The number of benzene rings is 4. The van der Waals surface area contributed by atoms with Crippen molar-refractivity contribution >= 4 is 124 Å². The van der Waals surface area contributed by atoms with Gasteiger partial charge in [-0.05, 0) is 61.4 Å². The van der Waals surface area contributed by atoms with Gasteiger partial charge < -0.3 is 40.4 Å². The zero-order chi connectivity index (χ0) is 58.8. The number of nitrogen functional groups attached to an aromatic ring is 1. The van der Waals surface area contributed by atoms with Crippen molar-refractivity contribution in [3.05, 3.63) is 97.7 Å². The number of alkyl halides is 4. The number of carbonyl (C=O) groups excluding carboxylic acids is 3. The van der Waals surface area contributed by atoms with Crippen molar-refractivity contribution in [3.8, 4) is 0 Å². The molecule has 4 aromatic carbocycles. The maximum atomic E-state index is 13.7. The predicted octanol–water partition coefficient (Wildman–Crippen LogP) is 12.0. The molecule has 0 spiro atoms. The Morgan fingerprint density at radius 1 is 0.713 bits per heavy atom. The maximum Gasteiger partial charge on any atom is 0.306 e. The van der Waals surface area contributed by atoms with Crippen LogP contribution in [0.15, 0.2) is 70.5 Å². The van der Waals surface area contributed by atoms with Crippen LogP contribution in [-0.2, 0) is 48.3 Å². The molecule has 7 rings (SSSR count). The lowest BCUT2D eigenvalue weighted by Gasteiger charge is -2.34. The molecule has 2 fully saturated rings. The monoisotopic (exact) mass is 1240 g/mol. The second kappa shape index (κ2) is 28.4. The number of nitrogens with one attached hydrogen (secondary N) is 2. The lowest BCUT2D eigenvalue weighted by molar-refractivity contribution is -0.145. The van der Waals surface area contributed by atoms with Gasteiger partial charge in [-0.15, -0.1) is 0 Å². The number of nitrogens with two attached hydrogens (primary N) is 1. The van der Waals surface area contributed by atoms with Crippen molar-refractivity contribution in [2.45, 2.75) is 114 Å². The summed E-state index contributed by atoms with van der Waals surface area (Å²) in [6.07, 6.45) is -1.67. The molecule has 2 unspecified atom stereocenters. The van der Waals surface area contributed by atoms with E-state index in [0.29, 0.717) is 44.4 Å². The first-order valence-electron chi connectivity index (χ1n) is 24.9. The van der Waals surface area contributed by atoms with Gasteiger partial charge in [0.2, 0.25) is 5.91 Å². The number of H-pyrrole nitrogens is 1. The predicted molar refractivity (Wildman–Crippen MR) is 304 cm³/mol. The SMILES string of the molecule is C.CC(=O)O.CCOC(=O)CC(C(=O)Nc1cc(Cl)c(N2CCC(F)(F)CC2)c(Cl)c1N)c1ccc(S(=O)(=O)CC)cc1.CCOC(=O)CC(c1ccc(S(=O)(=O)CC)cc1)c1nc2c(Cl)c(N3CCC(F)(F)CC3)c(Cl)cc2[nH]1. The van der Waals surface area contributed by atoms with Gasteiger partial charge in [0.15, 0.2) is 19.7 Å². The average molecular weight is 1240 g/mol. The van der Waals surface area contributed by atoms with E-state index in [1.54, 1.807) is 48.8 Å². The average Bonchev–Trinajstić information content (AvgIpc) is 3.84. The molecule has 0 radical (unpaired) electrons. The highest BCUT2D eigenvalue weighted by Crippen LogP contribution is 2.46. The van der Waals surface area contributed by atoms with Gasteiger partial charge in [0.1, 0.15) is 11.3 Å². The topological polar surface area (TPSA) is 248 Å². The van der Waals surface area contributed by atoms with Gasteiger partial charge in [-0.1, -0.05) is 91.9 Å². The molecule has 2 aliphatic heterocycles. The number of anilines is 4. The Morgan fingerprint density at radius 2 is 1.12 bits per heavy atom. The van der Waals surface area contributed by atoms with Crippen LogP contribution in [0.5, 0.6) is 0 Å². The van der Waals surface area contributed by atoms with Crippen LogP contribution in [0.3, 0.4) is 0 Å². The summed E-state index contributed by atoms with van der Waals surface area (Å²) in [6.45, 7) is 8.10. The number of piperidine rings is 2. The molecule has 0 aliphatic carbocycles. The van der Waals surface area contributed by atoms with Crippen molar-refractivity contribution in [1.82, 2.24) is 9.97 Å². The molecule has 2 atom stereocenters. The summed E-state index contributed by atoms with van der Waals surface area (Å²) in [5.41, 5.74) is 8.96. The number of aliphatic carboxylic acids is 1. The second-order valence-corrected chi connectivity index (χ2v) is 24.4. The van der Waals surface area contributed by atoms with Gasteiger partial charge in [0, 0.05) is 58.8 Å². The molecule has 17 nitrogen and oxygen atoms in total. The minimum absolute atomic E-state index is 0. The van der Waals surface area contributed by atoms with E-state index in [1.165, 1.54) is 49.4 Å². The van der Waals surface area contributed by atoms with Crippen molar-refractivity contribution in [1.29, 1.82) is 0 Å². The molecular formula is C53H64Cl4F4N6O11S2. The lowest BCUT2D eigenvalue weighted by Crippen LogP contribution is -2.39. The van der Waals surface area contributed by atoms with Crippen LogP contribution in [0.2, 0.25) is 20.1 Å². The number of carbonyl (C=O) groups is 4. The fraction of sp³-hybridized carbons (Fsp3) is 0.453. The minimum atomic E-state index is -3.46. The Balaban J connectivity index is 0.000000319. The first-order valence-corrected chi connectivity index (χ1v) is 29.7. The van der Waals surface area contributed by atoms with Crippen molar-refractivity contribution in [2.75, 3.05) is 71.7 Å². The Labute approximate surface area is 482 Å². The van der Waals surface area contributed by atoms with Gasteiger partial charge in [-0.25, -0.2) is 39.4 Å². The van der Waals surface area contributed by atoms with Crippen LogP contribution >= 0.6 is 46.4 Å². The standard InChI is InChI=1S/C25H29Cl2F2N3O5S.C25H27Cl2F2N3O4S.C2H4O2.CH4/c1-3-37-20(33)13-17(15-5-7-16(8-6-15)38(35,36)4-2)24(34)31-19-14-18(26)23(21(27)22(19)30)32-11-9-25(28,29)10-12-32;1-3-36-20(33)13-17(15-5-7-16(8-6-15)37(34,35)4-2)24-30-19-14-18(26)23(21(27)22(19)31-24)32-11-9-25(28,29)10-12-32;1-2(3)4;/h5-8,14,17H,3-4,9-13,30H2,1-2H3,(H,31,34);5-8,14,17H,3-4,9-13H2,1-2H3,(H,30,31);1H3,(H,3,4);1H4. The van der Waals surface area contributed by atoms with E-state index in [-0.39, 0.29) is 133 Å². The number of nitrogens with zero attached hydrogens (tertiary/aromatic N) is 3. The van der Waals surface area contributed by atoms with Crippen molar-refractivity contribution < 1.29 is 68.2 Å². The highest BCUT2D eigenvalue weighted by Gasteiger charge is 2.38. The smallest absolute Gasteiger partial charge is 0.306 e. The number of carboxylic acid groups (broad SMARTS) is 1. The number of hydrogen-bond acceptors (Lipinski definition) is 14. The summed E-state index contributed by atoms with van der Waals surface area (Å²) in [5, 5.41) is 10.7. The number of aromatic nitrogens is 2. The van der Waals surface area contributed by atoms with E-state index in [9.17, 15) is 48.8 Å². The minimum Gasteiger partial charge on any atom is -0.481 e. The number of fused-ring (bicyclic) bond motifs is 1. The molecular weight excluding hydrogens is 1180 g/mol. The number of esters is 2. The quantitative estimate of drug-likeness (QED) is 0.0384. The number of sulfone groups is 2. The normalized spacial score (nSPS) is 15.7. The molecule has 27 heteroatoms.